The molecule has 5 rings (SSSR count). The largest absolute Gasteiger partial charge is 0.338 e. The summed E-state index contributed by atoms with van der Waals surface area (Å²) in [6.07, 6.45) is 0. The molecule has 1 saturated heterocycles. The first kappa shape index (κ1) is 21.7. The van der Waals surface area contributed by atoms with Crippen LogP contribution in [-0.4, -0.2) is 63.2 Å². The molecule has 9 heteroatoms. The van der Waals surface area contributed by atoms with Gasteiger partial charge in [0, 0.05) is 42.2 Å². The number of anilines is 1. The number of hydrogen-bond donors (Lipinski definition) is 1. The summed E-state index contributed by atoms with van der Waals surface area (Å²) in [4.78, 5) is 34.6. The Morgan fingerprint density at radius 3 is 2.67 bits per heavy atom. The van der Waals surface area contributed by atoms with Crippen molar-refractivity contribution in [3.63, 3.8) is 0 Å². The fraction of sp³-hybridized carbons (Fsp3) is 0.333. The molecule has 0 radical (unpaired) electrons. The van der Waals surface area contributed by atoms with Gasteiger partial charge in [0.25, 0.3) is 5.91 Å². The summed E-state index contributed by atoms with van der Waals surface area (Å²) in [5.41, 5.74) is 3.43. The first-order chi connectivity index (χ1) is 16.0. The number of aromatic nitrogens is 2. The van der Waals surface area contributed by atoms with Crippen LogP contribution in [0.3, 0.4) is 0 Å². The number of fused-ring (bicyclic) bond motifs is 1. The summed E-state index contributed by atoms with van der Waals surface area (Å²) < 4.78 is 5.44. The number of hydrogen-bond acceptors (Lipinski definition) is 7. The maximum atomic E-state index is 13.0. The second-order valence-electron chi connectivity index (χ2n) is 8.41. The van der Waals surface area contributed by atoms with E-state index in [0.717, 1.165) is 23.5 Å². The number of thioether (sulfide) groups is 1. The van der Waals surface area contributed by atoms with Crippen LogP contribution in [0.2, 0.25) is 0 Å². The number of piperazine rings is 1. The maximum Gasteiger partial charge on any atom is 0.254 e. The van der Waals surface area contributed by atoms with Crippen LogP contribution in [0.15, 0.2) is 51.9 Å². The predicted molar refractivity (Wildman–Crippen MR) is 126 cm³/mol. The molecule has 2 aromatic carbocycles. The van der Waals surface area contributed by atoms with Crippen molar-refractivity contribution in [2.24, 2.45) is 0 Å². The van der Waals surface area contributed by atoms with E-state index in [1.807, 2.05) is 55.1 Å². The average Bonchev–Trinajstić information content (AvgIpc) is 3.28. The number of rotatable bonds is 4. The number of benzene rings is 2. The maximum absolute atomic E-state index is 13.0. The highest BCUT2D eigenvalue weighted by atomic mass is 32.2. The van der Waals surface area contributed by atoms with Crippen LogP contribution in [0.1, 0.15) is 28.7 Å². The molecule has 0 spiro atoms. The molecule has 1 fully saturated rings. The SMILES string of the molecule is Cc1ccc(-c2noc(CN3CCN(C(=O)c4ccc5c(c4)NC(=O)C(C)S5)CC3)n2)cc1. The smallest absolute Gasteiger partial charge is 0.254 e. The molecule has 1 atom stereocenters. The van der Waals surface area contributed by atoms with Crippen LogP contribution in [0.5, 0.6) is 0 Å². The zero-order valence-electron chi connectivity index (χ0n) is 18.6. The van der Waals surface area contributed by atoms with E-state index in [1.165, 1.54) is 17.3 Å². The fourth-order valence-corrected chi connectivity index (χ4v) is 4.89. The topological polar surface area (TPSA) is 91.6 Å². The molecule has 1 N–H and O–H groups in total. The third-order valence-corrected chi connectivity index (χ3v) is 7.13. The molecule has 2 aliphatic heterocycles. The van der Waals surface area contributed by atoms with Crippen molar-refractivity contribution >= 4 is 29.3 Å². The molecule has 170 valence electrons. The molecule has 3 heterocycles. The fourth-order valence-electron chi connectivity index (χ4n) is 3.96. The summed E-state index contributed by atoms with van der Waals surface area (Å²) >= 11 is 1.51. The zero-order chi connectivity index (χ0) is 22.9. The lowest BCUT2D eigenvalue weighted by Crippen LogP contribution is -2.48. The van der Waals surface area contributed by atoms with Gasteiger partial charge in [-0.2, -0.15) is 4.98 Å². The van der Waals surface area contributed by atoms with Crippen molar-refractivity contribution in [1.29, 1.82) is 0 Å². The van der Waals surface area contributed by atoms with Crippen molar-refractivity contribution in [1.82, 2.24) is 19.9 Å². The van der Waals surface area contributed by atoms with Gasteiger partial charge in [0.2, 0.25) is 17.6 Å². The average molecular weight is 464 g/mol. The van der Waals surface area contributed by atoms with Gasteiger partial charge in [-0.25, -0.2) is 0 Å². The van der Waals surface area contributed by atoms with Crippen LogP contribution in [-0.2, 0) is 11.3 Å². The minimum Gasteiger partial charge on any atom is -0.338 e. The Labute approximate surface area is 196 Å². The van der Waals surface area contributed by atoms with Crippen molar-refractivity contribution in [2.75, 3.05) is 31.5 Å². The second kappa shape index (κ2) is 8.99. The Balaban J connectivity index is 1.18. The van der Waals surface area contributed by atoms with Gasteiger partial charge in [-0.05, 0) is 32.0 Å². The molecule has 0 aliphatic carbocycles. The Morgan fingerprint density at radius 2 is 1.91 bits per heavy atom. The first-order valence-corrected chi connectivity index (χ1v) is 11.9. The quantitative estimate of drug-likeness (QED) is 0.634. The zero-order valence-corrected chi connectivity index (χ0v) is 19.4. The van der Waals surface area contributed by atoms with E-state index in [4.69, 9.17) is 4.52 Å². The highest BCUT2D eigenvalue weighted by Gasteiger charge is 2.27. The lowest BCUT2D eigenvalue weighted by Gasteiger charge is -2.34. The summed E-state index contributed by atoms with van der Waals surface area (Å²) in [6, 6.07) is 13.6. The van der Waals surface area contributed by atoms with E-state index in [-0.39, 0.29) is 17.1 Å². The van der Waals surface area contributed by atoms with Crippen LogP contribution in [0.25, 0.3) is 11.4 Å². The summed E-state index contributed by atoms with van der Waals surface area (Å²) in [5.74, 6) is 1.11. The second-order valence-corrected chi connectivity index (χ2v) is 9.79. The van der Waals surface area contributed by atoms with Gasteiger partial charge in [-0.1, -0.05) is 35.0 Å². The number of carbonyl (C=O) groups excluding carboxylic acids is 2. The molecule has 2 aliphatic rings. The van der Waals surface area contributed by atoms with Crippen LogP contribution >= 0.6 is 11.8 Å². The van der Waals surface area contributed by atoms with E-state index in [1.54, 1.807) is 6.07 Å². The van der Waals surface area contributed by atoms with Crippen LogP contribution in [0, 0.1) is 6.92 Å². The summed E-state index contributed by atoms with van der Waals surface area (Å²) in [6.45, 7) is 7.16. The van der Waals surface area contributed by atoms with Gasteiger partial charge in [0.05, 0.1) is 17.5 Å². The Morgan fingerprint density at radius 1 is 1.15 bits per heavy atom. The molecule has 33 heavy (non-hydrogen) atoms. The van der Waals surface area contributed by atoms with E-state index < -0.39 is 0 Å². The Bertz CT molecular complexity index is 1190. The number of amides is 2. The molecule has 1 unspecified atom stereocenters. The van der Waals surface area contributed by atoms with E-state index >= 15 is 0 Å². The molecule has 2 amide bonds. The summed E-state index contributed by atoms with van der Waals surface area (Å²) in [5, 5.41) is 6.87. The van der Waals surface area contributed by atoms with Crippen molar-refractivity contribution in [3.8, 4) is 11.4 Å². The van der Waals surface area contributed by atoms with Crippen molar-refractivity contribution in [2.45, 2.75) is 30.5 Å². The summed E-state index contributed by atoms with van der Waals surface area (Å²) in [7, 11) is 0. The molecule has 0 saturated carbocycles. The standard InChI is InChI=1S/C24H25N5O3S/c1-15-3-5-17(6-4-15)22-26-21(32-27-22)14-28-9-11-29(12-10-28)24(31)18-7-8-20-19(13-18)25-23(30)16(2)33-20/h3-8,13,16H,9-12,14H2,1-2H3,(H,25,30). The van der Waals surface area contributed by atoms with Gasteiger partial charge in [-0.15, -0.1) is 11.8 Å². The van der Waals surface area contributed by atoms with E-state index in [0.29, 0.717) is 42.6 Å². The normalized spacial score (nSPS) is 18.7. The van der Waals surface area contributed by atoms with Gasteiger partial charge in [-0.3, -0.25) is 14.5 Å². The first-order valence-electron chi connectivity index (χ1n) is 11.0. The minimum atomic E-state index is -0.126. The molecule has 1 aromatic heterocycles. The highest BCUT2D eigenvalue weighted by molar-refractivity contribution is 8.00. The van der Waals surface area contributed by atoms with Gasteiger partial charge in [0.15, 0.2) is 0 Å². The van der Waals surface area contributed by atoms with Crippen LogP contribution < -0.4 is 5.32 Å². The Hall–Kier alpha value is -3.17. The van der Waals surface area contributed by atoms with Crippen LogP contribution in [0.4, 0.5) is 5.69 Å². The highest BCUT2D eigenvalue weighted by Crippen LogP contribution is 2.36. The van der Waals surface area contributed by atoms with Crippen molar-refractivity contribution < 1.29 is 14.1 Å². The van der Waals surface area contributed by atoms with E-state index in [9.17, 15) is 9.59 Å². The monoisotopic (exact) mass is 463 g/mol. The lowest BCUT2D eigenvalue weighted by atomic mass is 10.1. The van der Waals surface area contributed by atoms with E-state index in [2.05, 4.69) is 20.4 Å². The molecular weight excluding hydrogens is 438 g/mol. The number of aryl methyl sites for hydroxylation is 1. The number of nitrogens with one attached hydrogen (secondary N) is 1. The van der Waals surface area contributed by atoms with Gasteiger partial charge < -0.3 is 14.7 Å². The molecule has 3 aromatic rings. The third-order valence-electron chi connectivity index (χ3n) is 5.95. The van der Waals surface area contributed by atoms with Gasteiger partial charge >= 0.3 is 0 Å². The predicted octanol–water partition coefficient (Wildman–Crippen LogP) is 3.44. The third kappa shape index (κ3) is 4.65. The Kier molecular flexibility index (Phi) is 5.90. The molecule has 0 bridgehead atoms. The molecular formula is C24H25N5O3S. The molecule has 8 nitrogen and oxygen atoms in total. The van der Waals surface area contributed by atoms with Gasteiger partial charge in [0.1, 0.15) is 0 Å². The number of carbonyl (C=O) groups is 2. The van der Waals surface area contributed by atoms with Crippen molar-refractivity contribution in [3.05, 3.63) is 59.5 Å². The number of nitrogens with zero attached hydrogens (tertiary/aromatic N) is 4. The minimum absolute atomic E-state index is 0.0187. The lowest BCUT2D eigenvalue weighted by molar-refractivity contribution is -0.115.